The first-order chi connectivity index (χ1) is 24.2. The van der Waals surface area contributed by atoms with Crippen molar-refractivity contribution in [1.29, 1.82) is 10.7 Å². The molecule has 0 unspecified atom stereocenters. The molecule has 1 aliphatic rings. The second kappa shape index (κ2) is 13.7. The van der Waals surface area contributed by atoms with Gasteiger partial charge in [0.05, 0.1) is 17.1 Å². The molecular weight excluding hydrogens is 597 g/mol. The molecule has 0 saturated carbocycles. The summed E-state index contributed by atoms with van der Waals surface area (Å²) >= 11 is 0. The minimum atomic E-state index is 0.701. The van der Waals surface area contributed by atoms with E-state index in [0.29, 0.717) is 5.56 Å². The molecule has 0 aliphatic heterocycles. The Morgan fingerprint density at radius 1 is 0.633 bits per heavy atom. The van der Waals surface area contributed by atoms with Gasteiger partial charge in [-0.05, 0) is 106 Å². The lowest BCUT2D eigenvalue weighted by Crippen LogP contribution is -2.03. The van der Waals surface area contributed by atoms with Crippen LogP contribution in [0, 0.1) is 16.7 Å². The molecular formula is C45H36N4. The largest absolute Gasteiger partial charge is 0.399 e. The Balaban J connectivity index is 0.000000153. The topological polar surface area (TPSA) is 78.6 Å². The van der Waals surface area contributed by atoms with Gasteiger partial charge in [-0.25, -0.2) is 0 Å². The maximum Gasteiger partial charge on any atom is 0.0991 e. The highest BCUT2D eigenvalue weighted by molar-refractivity contribution is 6.25. The molecule has 7 aromatic carbocycles. The molecule has 4 nitrogen and oxygen atoms in total. The van der Waals surface area contributed by atoms with E-state index >= 15 is 0 Å². The number of hydrogen-bond acceptors (Lipinski definition) is 3. The number of para-hydroxylation sites is 1. The van der Waals surface area contributed by atoms with Gasteiger partial charge in [0.25, 0.3) is 0 Å². The summed E-state index contributed by atoms with van der Waals surface area (Å²) in [5.74, 6) is 0. The molecule has 0 spiro atoms. The highest BCUT2D eigenvalue weighted by Crippen LogP contribution is 2.37. The summed E-state index contributed by atoms with van der Waals surface area (Å²) in [6.07, 6.45) is 7.60. The number of benzene rings is 7. The third-order valence-corrected chi connectivity index (χ3v) is 9.26. The van der Waals surface area contributed by atoms with E-state index in [9.17, 15) is 5.26 Å². The Morgan fingerprint density at radius 2 is 1.29 bits per heavy atom. The lowest BCUT2D eigenvalue weighted by Gasteiger charge is -2.13. The molecule has 1 aromatic heterocycles. The number of aromatic nitrogens is 1. The van der Waals surface area contributed by atoms with Crippen LogP contribution in [0.25, 0.3) is 55.0 Å². The Bertz CT molecular complexity index is 2530. The third-order valence-electron chi connectivity index (χ3n) is 9.26. The molecule has 1 aliphatic carbocycles. The number of allylic oxidation sites excluding steroid dienone is 1. The van der Waals surface area contributed by atoms with Crippen molar-refractivity contribution in [2.75, 3.05) is 5.73 Å². The SMILES string of the molecule is C=N.N#Cc1ccc2c3ccccc3c3ccc(Cc4ccccc4)cc3c2c1.Nc1cccc(-n2c3c(c4ccccc42)C=CCC3)c1. The summed E-state index contributed by atoms with van der Waals surface area (Å²) in [4.78, 5) is 0. The molecule has 0 bridgehead atoms. The van der Waals surface area contributed by atoms with Crippen LogP contribution in [-0.4, -0.2) is 11.3 Å². The van der Waals surface area contributed by atoms with Gasteiger partial charge < -0.3 is 15.7 Å². The van der Waals surface area contributed by atoms with Crippen LogP contribution < -0.4 is 5.73 Å². The van der Waals surface area contributed by atoms with Crippen molar-refractivity contribution in [3.05, 3.63) is 174 Å². The number of hydrogen-bond donors (Lipinski definition) is 2. The minimum Gasteiger partial charge on any atom is -0.399 e. The molecule has 0 saturated heterocycles. The zero-order valence-electron chi connectivity index (χ0n) is 27.2. The molecule has 4 heteroatoms. The standard InChI is InChI=1S/C26H17N.C18H16N2.CH3N/c27-17-20-11-13-24-22-9-5-4-8-21(22)23-12-10-19(15-25(23)26(24)16-20)14-18-6-2-1-3-7-18;19-13-6-5-7-14(12-13)20-17-10-3-1-8-15(17)16-9-2-4-11-18(16)20;1-2/h1-13,15-16H,14H2;1-3,5-10,12H,4,11,19H2;2H,1H2. The fraction of sp³-hybridized carbons (Fsp3) is 0.0667. The quantitative estimate of drug-likeness (QED) is 0.115. The summed E-state index contributed by atoms with van der Waals surface area (Å²) in [5.41, 5.74) is 15.2. The van der Waals surface area contributed by atoms with Gasteiger partial charge in [-0.2, -0.15) is 5.26 Å². The van der Waals surface area contributed by atoms with Crippen LogP contribution in [0.2, 0.25) is 0 Å². The van der Waals surface area contributed by atoms with E-state index in [1.165, 1.54) is 60.2 Å². The Kier molecular flexibility index (Phi) is 8.74. The number of nitrogens with one attached hydrogen (secondary N) is 1. The van der Waals surface area contributed by atoms with Crippen molar-refractivity contribution < 1.29 is 0 Å². The van der Waals surface area contributed by atoms with E-state index in [1.807, 2.05) is 36.4 Å². The van der Waals surface area contributed by atoms with Crippen LogP contribution in [0.4, 0.5) is 5.69 Å². The highest BCUT2D eigenvalue weighted by atomic mass is 15.0. The summed E-state index contributed by atoms with van der Waals surface area (Å²) in [7, 11) is 0. The number of fused-ring (bicyclic) bond motifs is 9. The molecule has 1 heterocycles. The highest BCUT2D eigenvalue weighted by Gasteiger charge is 2.18. The van der Waals surface area contributed by atoms with E-state index < -0.39 is 0 Å². The fourth-order valence-electron chi connectivity index (χ4n) is 7.15. The predicted molar refractivity (Wildman–Crippen MR) is 208 cm³/mol. The molecule has 8 aromatic rings. The predicted octanol–water partition coefficient (Wildman–Crippen LogP) is 11.0. The number of anilines is 1. The average Bonchev–Trinajstić information content (AvgIpc) is 3.51. The van der Waals surface area contributed by atoms with Crippen LogP contribution in [0.5, 0.6) is 0 Å². The van der Waals surface area contributed by atoms with Gasteiger partial charge in [0, 0.05) is 28.0 Å². The number of nitriles is 1. The number of nitrogens with two attached hydrogens (primary N) is 1. The first-order valence-electron chi connectivity index (χ1n) is 16.5. The van der Waals surface area contributed by atoms with Crippen LogP contribution in [0.3, 0.4) is 0 Å². The molecule has 236 valence electrons. The number of rotatable bonds is 3. The molecule has 0 radical (unpaired) electrons. The minimum absolute atomic E-state index is 0.701. The first-order valence-corrected chi connectivity index (χ1v) is 16.5. The maximum absolute atomic E-state index is 9.38. The normalized spacial score (nSPS) is 11.7. The molecule has 0 atom stereocenters. The lowest BCUT2D eigenvalue weighted by atomic mass is 9.91. The zero-order chi connectivity index (χ0) is 33.7. The Hall–Kier alpha value is -6.44. The van der Waals surface area contributed by atoms with Crippen molar-refractivity contribution in [2.45, 2.75) is 19.3 Å². The van der Waals surface area contributed by atoms with Crippen LogP contribution >= 0.6 is 0 Å². The van der Waals surface area contributed by atoms with Crippen molar-refractivity contribution in [2.24, 2.45) is 0 Å². The van der Waals surface area contributed by atoms with Gasteiger partial charge >= 0.3 is 0 Å². The molecule has 3 N–H and O–H groups in total. The monoisotopic (exact) mass is 632 g/mol. The van der Waals surface area contributed by atoms with Crippen molar-refractivity contribution in [1.82, 2.24) is 4.57 Å². The van der Waals surface area contributed by atoms with E-state index in [1.54, 1.807) is 0 Å². The summed E-state index contributed by atoms with van der Waals surface area (Å²) in [5, 5.41) is 23.5. The van der Waals surface area contributed by atoms with Crippen LogP contribution in [0.1, 0.15) is 34.4 Å². The second-order valence-electron chi connectivity index (χ2n) is 12.2. The average molecular weight is 633 g/mol. The summed E-state index contributed by atoms with van der Waals surface area (Å²) in [6, 6.07) is 50.8. The van der Waals surface area contributed by atoms with Crippen molar-refractivity contribution in [3.8, 4) is 11.8 Å². The first kappa shape index (κ1) is 31.2. The van der Waals surface area contributed by atoms with Crippen LogP contribution in [-0.2, 0) is 12.8 Å². The lowest BCUT2D eigenvalue weighted by molar-refractivity contribution is 0.889. The number of nitrogens with zero attached hydrogens (tertiary/aromatic N) is 2. The van der Waals surface area contributed by atoms with Gasteiger partial charge in [-0.1, -0.05) is 115 Å². The van der Waals surface area contributed by atoms with Gasteiger partial charge in [-0.3, -0.25) is 0 Å². The van der Waals surface area contributed by atoms with E-state index in [-0.39, 0.29) is 0 Å². The van der Waals surface area contributed by atoms with Gasteiger partial charge in [0.15, 0.2) is 0 Å². The summed E-state index contributed by atoms with van der Waals surface area (Å²) in [6.45, 7) is 2.50. The number of nitrogen functional groups attached to an aromatic ring is 1. The zero-order valence-corrected chi connectivity index (χ0v) is 27.2. The van der Waals surface area contributed by atoms with Gasteiger partial charge in [-0.15, -0.1) is 0 Å². The van der Waals surface area contributed by atoms with Crippen molar-refractivity contribution in [3.63, 3.8) is 0 Å². The third kappa shape index (κ3) is 5.95. The second-order valence-corrected chi connectivity index (χ2v) is 12.2. The summed E-state index contributed by atoms with van der Waals surface area (Å²) < 4.78 is 2.35. The van der Waals surface area contributed by atoms with Gasteiger partial charge in [0.2, 0.25) is 0 Å². The van der Waals surface area contributed by atoms with E-state index in [0.717, 1.165) is 36.0 Å². The molecule has 0 fully saturated rings. The Labute approximate surface area is 286 Å². The van der Waals surface area contributed by atoms with Crippen molar-refractivity contribution >= 4 is 61.7 Å². The molecule has 0 amide bonds. The maximum atomic E-state index is 9.38. The Morgan fingerprint density at radius 3 is 2.02 bits per heavy atom. The van der Waals surface area contributed by atoms with E-state index in [4.69, 9.17) is 11.1 Å². The molecule has 49 heavy (non-hydrogen) atoms. The molecule has 9 rings (SSSR count). The fourth-order valence-corrected chi connectivity index (χ4v) is 7.15. The van der Waals surface area contributed by atoms with Gasteiger partial charge in [0.1, 0.15) is 0 Å². The smallest absolute Gasteiger partial charge is 0.0991 e. The van der Waals surface area contributed by atoms with E-state index in [2.05, 4.69) is 133 Å². The van der Waals surface area contributed by atoms with Crippen LogP contribution in [0.15, 0.2) is 146 Å².